The van der Waals surface area contributed by atoms with Gasteiger partial charge in [-0.2, -0.15) is 0 Å². The number of halogens is 1. The van der Waals surface area contributed by atoms with Crippen LogP contribution in [-0.2, 0) is 0 Å². The lowest BCUT2D eigenvalue weighted by Crippen LogP contribution is -2.41. The van der Waals surface area contributed by atoms with Gasteiger partial charge in [-0.25, -0.2) is 0 Å². The molecule has 2 unspecified atom stereocenters. The van der Waals surface area contributed by atoms with Gasteiger partial charge in [0, 0.05) is 12.1 Å². The van der Waals surface area contributed by atoms with Crippen molar-refractivity contribution in [2.24, 2.45) is 11.7 Å². The number of nitrogens with two attached hydrogens (primary N) is 1. The molecule has 2 nitrogen and oxygen atoms in total. The van der Waals surface area contributed by atoms with Crippen molar-refractivity contribution in [3.05, 3.63) is 0 Å². The second kappa shape index (κ2) is 3.56. The van der Waals surface area contributed by atoms with E-state index in [1.807, 2.05) is 6.92 Å². The van der Waals surface area contributed by atoms with Crippen LogP contribution in [0.2, 0.25) is 0 Å². The van der Waals surface area contributed by atoms with Crippen molar-refractivity contribution in [1.82, 2.24) is 0 Å². The van der Waals surface area contributed by atoms with Gasteiger partial charge in [0.15, 0.2) is 0 Å². The van der Waals surface area contributed by atoms with Gasteiger partial charge in [0.05, 0.1) is 0 Å². The molecule has 1 aliphatic carbocycles. The molecule has 0 aromatic rings. The summed E-state index contributed by atoms with van der Waals surface area (Å²) in [7, 11) is 0. The van der Waals surface area contributed by atoms with Crippen LogP contribution in [0.4, 0.5) is 0 Å². The average molecular weight is 166 g/mol. The molecule has 10 heavy (non-hydrogen) atoms. The monoisotopic (exact) mass is 165 g/mol. The summed E-state index contributed by atoms with van der Waals surface area (Å²) in [6.45, 7) is 2.29. The fourth-order valence-corrected chi connectivity index (χ4v) is 1.56. The largest absolute Gasteiger partial charge is 0.396 e. The Labute approximate surface area is 68.2 Å². The quantitative estimate of drug-likeness (QED) is 0.607. The van der Waals surface area contributed by atoms with E-state index in [9.17, 15) is 0 Å². The fraction of sp³-hybridized carbons (Fsp3) is 1.00. The molecule has 0 aliphatic heterocycles. The Morgan fingerprint density at radius 1 is 1.70 bits per heavy atom. The number of hydrogen-bond acceptors (Lipinski definition) is 2. The van der Waals surface area contributed by atoms with Crippen molar-refractivity contribution in [2.75, 3.05) is 6.61 Å². The minimum absolute atomic E-state index is 0. The minimum atomic E-state index is -0.0885. The fourth-order valence-electron chi connectivity index (χ4n) is 1.56. The molecule has 0 spiro atoms. The number of hydrogen-bond donors (Lipinski definition) is 2. The summed E-state index contributed by atoms with van der Waals surface area (Å²) < 4.78 is 0. The summed E-state index contributed by atoms with van der Waals surface area (Å²) in [5.41, 5.74) is 5.78. The number of aliphatic hydroxyl groups is 1. The maximum absolute atomic E-state index is 8.82. The minimum Gasteiger partial charge on any atom is -0.396 e. The SMILES string of the molecule is CC1(N)CCCC1CO.Cl. The summed E-state index contributed by atoms with van der Waals surface area (Å²) >= 11 is 0. The van der Waals surface area contributed by atoms with Crippen molar-refractivity contribution in [1.29, 1.82) is 0 Å². The second-order valence-electron chi connectivity index (χ2n) is 3.28. The molecule has 3 heteroatoms. The van der Waals surface area contributed by atoms with Crippen molar-refractivity contribution < 1.29 is 5.11 Å². The van der Waals surface area contributed by atoms with Gasteiger partial charge in [0.1, 0.15) is 0 Å². The van der Waals surface area contributed by atoms with Crippen LogP contribution in [0.15, 0.2) is 0 Å². The lowest BCUT2D eigenvalue weighted by Gasteiger charge is -2.24. The van der Waals surface area contributed by atoms with Gasteiger partial charge in [-0.05, 0) is 25.7 Å². The van der Waals surface area contributed by atoms with Crippen LogP contribution >= 0.6 is 12.4 Å². The summed E-state index contributed by atoms with van der Waals surface area (Å²) in [6.07, 6.45) is 3.35. The molecule has 0 heterocycles. The highest BCUT2D eigenvalue weighted by Gasteiger charge is 2.34. The van der Waals surface area contributed by atoms with Gasteiger partial charge in [-0.1, -0.05) is 6.42 Å². The Bertz CT molecular complexity index is 106. The standard InChI is InChI=1S/C7H15NO.ClH/c1-7(8)4-2-3-6(7)5-9;/h6,9H,2-5,8H2,1H3;1H. The highest BCUT2D eigenvalue weighted by atomic mass is 35.5. The van der Waals surface area contributed by atoms with E-state index in [4.69, 9.17) is 10.8 Å². The van der Waals surface area contributed by atoms with E-state index in [1.165, 1.54) is 6.42 Å². The molecule has 2 atom stereocenters. The molecule has 1 saturated carbocycles. The van der Waals surface area contributed by atoms with Gasteiger partial charge in [-0.15, -0.1) is 12.4 Å². The lowest BCUT2D eigenvalue weighted by atomic mass is 9.91. The first-order chi connectivity index (χ1) is 4.17. The average Bonchev–Trinajstić information content (AvgIpc) is 2.08. The molecule has 0 aromatic carbocycles. The van der Waals surface area contributed by atoms with E-state index in [1.54, 1.807) is 0 Å². The molecule has 1 aliphatic rings. The van der Waals surface area contributed by atoms with Gasteiger partial charge >= 0.3 is 0 Å². The topological polar surface area (TPSA) is 46.2 Å². The van der Waals surface area contributed by atoms with Gasteiger partial charge < -0.3 is 10.8 Å². The predicted octanol–water partition coefficient (Wildman–Crippen LogP) is 0.918. The molecule has 0 radical (unpaired) electrons. The summed E-state index contributed by atoms with van der Waals surface area (Å²) in [5, 5.41) is 8.82. The van der Waals surface area contributed by atoms with Crippen LogP contribution in [0.1, 0.15) is 26.2 Å². The van der Waals surface area contributed by atoms with E-state index < -0.39 is 0 Å². The molecule has 62 valence electrons. The van der Waals surface area contributed by atoms with Crippen molar-refractivity contribution in [3.63, 3.8) is 0 Å². The summed E-state index contributed by atoms with van der Waals surface area (Å²) in [5.74, 6) is 0.345. The highest BCUT2D eigenvalue weighted by Crippen LogP contribution is 2.32. The van der Waals surface area contributed by atoms with Gasteiger partial charge in [0.2, 0.25) is 0 Å². The molecule has 3 N–H and O–H groups in total. The molecule has 1 fully saturated rings. The first-order valence-corrected chi connectivity index (χ1v) is 3.56. The Hall–Kier alpha value is 0.210. The molecule has 1 rings (SSSR count). The second-order valence-corrected chi connectivity index (χ2v) is 3.28. The first-order valence-electron chi connectivity index (χ1n) is 3.56. The molecular weight excluding hydrogens is 150 g/mol. The normalized spacial score (nSPS) is 39.3. The molecule has 0 aromatic heterocycles. The third-order valence-electron chi connectivity index (χ3n) is 2.42. The zero-order chi connectivity index (χ0) is 6.91. The number of aliphatic hydroxyl groups excluding tert-OH is 1. The molecule has 0 amide bonds. The molecular formula is C7H16ClNO. The van der Waals surface area contributed by atoms with E-state index in [0.29, 0.717) is 5.92 Å². The van der Waals surface area contributed by atoms with Crippen LogP contribution in [0.5, 0.6) is 0 Å². The van der Waals surface area contributed by atoms with Crippen LogP contribution in [0.3, 0.4) is 0 Å². The maximum Gasteiger partial charge on any atom is 0.0476 e. The van der Waals surface area contributed by atoms with Crippen LogP contribution < -0.4 is 5.73 Å². The first kappa shape index (κ1) is 10.2. The number of rotatable bonds is 1. The summed E-state index contributed by atoms with van der Waals surface area (Å²) in [4.78, 5) is 0. The lowest BCUT2D eigenvalue weighted by molar-refractivity contribution is 0.183. The Morgan fingerprint density at radius 3 is 2.50 bits per heavy atom. The maximum atomic E-state index is 8.82. The zero-order valence-corrected chi connectivity index (χ0v) is 7.16. The smallest absolute Gasteiger partial charge is 0.0476 e. The Balaban J connectivity index is 0.000000810. The predicted molar refractivity (Wildman–Crippen MR) is 44.3 cm³/mol. The molecule has 0 saturated heterocycles. The van der Waals surface area contributed by atoms with Gasteiger partial charge in [-0.3, -0.25) is 0 Å². The van der Waals surface area contributed by atoms with Crippen LogP contribution in [0.25, 0.3) is 0 Å². The van der Waals surface area contributed by atoms with E-state index >= 15 is 0 Å². The molecule has 0 bridgehead atoms. The van der Waals surface area contributed by atoms with Crippen molar-refractivity contribution >= 4 is 12.4 Å². The summed E-state index contributed by atoms with van der Waals surface area (Å²) in [6, 6.07) is 0. The van der Waals surface area contributed by atoms with E-state index in [0.717, 1.165) is 12.8 Å². The van der Waals surface area contributed by atoms with Crippen molar-refractivity contribution in [3.8, 4) is 0 Å². The third-order valence-corrected chi connectivity index (χ3v) is 2.42. The van der Waals surface area contributed by atoms with Crippen molar-refractivity contribution in [2.45, 2.75) is 31.7 Å². The van der Waals surface area contributed by atoms with Crippen LogP contribution in [-0.4, -0.2) is 17.3 Å². The third kappa shape index (κ3) is 1.84. The Kier molecular flexibility index (Phi) is 3.63. The zero-order valence-electron chi connectivity index (χ0n) is 6.34. The van der Waals surface area contributed by atoms with E-state index in [-0.39, 0.29) is 24.6 Å². The highest BCUT2D eigenvalue weighted by molar-refractivity contribution is 5.85. The Morgan fingerprint density at radius 2 is 2.30 bits per heavy atom. The van der Waals surface area contributed by atoms with Crippen LogP contribution in [0, 0.1) is 5.92 Å². The van der Waals surface area contributed by atoms with Gasteiger partial charge in [0.25, 0.3) is 0 Å². The van der Waals surface area contributed by atoms with E-state index in [2.05, 4.69) is 0 Å².